The van der Waals surface area contributed by atoms with Crippen LogP contribution in [0.2, 0.25) is 5.02 Å². The van der Waals surface area contributed by atoms with Gasteiger partial charge in [-0.2, -0.15) is 0 Å². The topological polar surface area (TPSA) is 24.9 Å². The van der Waals surface area contributed by atoms with Gasteiger partial charge in [0.25, 0.3) is 0 Å². The highest BCUT2D eigenvalue weighted by Crippen LogP contribution is 2.33. The normalized spacial score (nSPS) is 10.7. The molecule has 0 saturated carbocycles. The van der Waals surface area contributed by atoms with Gasteiger partial charge in [-0.3, -0.25) is 0 Å². The summed E-state index contributed by atoms with van der Waals surface area (Å²) < 4.78 is 1.05. The molecule has 0 aliphatic rings. The second kappa shape index (κ2) is 6.40. The van der Waals surface area contributed by atoms with Crippen molar-refractivity contribution in [2.24, 2.45) is 0 Å². The van der Waals surface area contributed by atoms with E-state index >= 15 is 0 Å². The summed E-state index contributed by atoms with van der Waals surface area (Å²) in [6, 6.07) is 6.00. The Morgan fingerprint density at radius 3 is 3.06 bits per heavy atom. The lowest BCUT2D eigenvalue weighted by atomic mass is 10.2. The fraction of sp³-hybridized carbons (Fsp3) is 0.250. The third-order valence-corrected chi connectivity index (χ3v) is 4.42. The van der Waals surface area contributed by atoms with E-state index in [4.69, 9.17) is 11.6 Å². The van der Waals surface area contributed by atoms with E-state index in [1.165, 1.54) is 10.5 Å². The molecule has 0 atom stereocenters. The third kappa shape index (κ3) is 3.71. The van der Waals surface area contributed by atoms with E-state index in [2.05, 4.69) is 23.3 Å². The van der Waals surface area contributed by atoms with Crippen LogP contribution in [0.5, 0.6) is 0 Å². The highest BCUT2D eigenvalue weighted by atomic mass is 35.5. The first-order valence-corrected chi connectivity index (χ1v) is 7.43. The largest absolute Gasteiger partial charge is 0.313 e. The summed E-state index contributed by atoms with van der Waals surface area (Å²) in [6.07, 6.45) is 1.82. The van der Waals surface area contributed by atoms with Crippen molar-refractivity contribution in [2.75, 3.05) is 6.54 Å². The maximum atomic E-state index is 6.04. The van der Waals surface area contributed by atoms with Crippen molar-refractivity contribution in [1.82, 2.24) is 10.3 Å². The van der Waals surface area contributed by atoms with Gasteiger partial charge in [0.15, 0.2) is 4.34 Å². The zero-order valence-corrected chi connectivity index (χ0v) is 11.8. The Morgan fingerprint density at radius 2 is 2.35 bits per heavy atom. The number of aromatic nitrogens is 1. The second-order valence-corrected chi connectivity index (χ2v) is 6.05. The minimum absolute atomic E-state index is 0.768. The number of benzene rings is 1. The van der Waals surface area contributed by atoms with Gasteiger partial charge in [-0.15, -0.1) is 11.3 Å². The summed E-state index contributed by atoms with van der Waals surface area (Å²) in [7, 11) is 0. The standard InChI is InChI=1S/C12H13ClN2S2/c1-2-14-8-9-3-4-10(13)7-11(9)17-12-15-5-6-16-12/h3-7,14H,2,8H2,1H3. The van der Waals surface area contributed by atoms with E-state index < -0.39 is 0 Å². The van der Waals surface area contributed by atoms with Crippen LogP contribution in [0.3, 0.4) is 0 Å². The molecule has 1 aromatic carbocycles. The molecule has 1 aromatic heterocycles. The van der Waals surface area contributed by atoms with Crippen molar-refractivity contribution < 1.29 is 0 Å². The smallest absolute Gasteiger partial charge is 0.154 e. The molecule has 90 valence electrons. The monoisotopic (exact) mass is 284 g/mol. The summed E-state index contributed by atoms with van der Waals surface area (Å²) in [4.78, 5) is 5.46. The SMILES string of the molecule is CCNCc1ccc(Cl)cc1Sc1nccs1. The van der Waals surface area contributed by atoms with E-state index in [1.807, 2.05) is 23.7 Å². The predicted octanol–water partition coefficient (Wildman–Crippen LogP) is 4.06. The first-order valence-electron chi connectivity index (χ1n) is 5.36. The van der Waals surface area contributed by atoms with Crippen molar-refractivity contribution in [3.8, 4) is 0 Å². The quantitative estimate of drug-likeness (QED) is 0.896. The lowest BCUT2D eigenvalue weighted by Crippen LogP contribution is -2.12. The molecule has 0 aliphatic carbocycles. The van der Waals surface area contributed by atoms with Crippen molar-refractivity contribution in [1.29, 1.82) is 0 Å². The third-order valence-electron chi connectivity index (χ3n) is 2.20. The molecule has 0 unspecified atom stereocenters. The first-order chi connectivity index (χ1) is 8.29. The summed E-state index contributed by atoms with van der Waals surface area (Å²) in [6.45, 7) is 3.93. The number of thiazole rings is 1. The molecule has 0 radical (unpaired) electrons. The molecule has 0 aliphatic heterocycles. The van der Waals surface area contributed by atoms with Crippen molar-refractivity contribution >= 4 is 34.7 Å². The Kier molecular flexibility index (Phi) is 4.86. The fourth-order valence-electron chi connectivity index (χ4n) is 1.38. The lowest BCUT2D eigenvalue weighted by molar-refractivity contribution is 0.718. The van der Waals surface area contributed by atoms with E-state index in [9.17, 15) is 0 Å². The zero-order chi connectivity index (χ0) is 12.1. The van der Waals surface area contributed by atoms with Crippen LogP contribution in [0.15, 0.2) is 39.0 Å². The van der Waals surface area contributed by atoms with Gasteiger partial charge >= 0.3 is 0 Å². The Labute approximate surface area is 114 Å². The lowest BCUT2D eigenvalue weighted by Gasteiger charge is -2.08. The number of nitrogens with one attached hydrogen (secondary N) is 1. The predicted molar refractivity (Wildman–Crippen MR) is 75.1 cm³/mol. The van der Waals surface area contributed by atoms with Crippen molar-refractivity contribution in [2.45, 2.75) is 22.7 Å². The second-order valence-electron chi connectivity index (χ2n) is 3.43. The Balaban J connectivity index is 2.20. The highest BCUT2D eigenvalue weighted by Gasteiger charge is 2.06. The van der Waals surface area contributed by atoms with Crippen LogP contribution in [-0.4, -0.2) is 11.5 Å². The number of rotatable bonds is 5. The van der Waals surface area contributed by atoms with Crippen molar-refractivity contribution in [3.63, 3.8) is 0 Å². The van der Waals surface area contributed by atoms with Crippen LogP contribution in [0, 0.1) is 0 Å². The van der Waals surface area contributed by atoms with Gasteiger partial charge in [0.2, 0.25) is 0 Å². The minimum Gasteiger partial charge on any atom is -0.313 e. The Hall–Kier alpha value is -0.550. The van der Waals surface area contributed by atoms with Crippen LogP contribution in [0.25, 0.3) is 0 Å². The van der Waals surface area contributed by atoms with Crippen LogP contribution >= 0.6 is 34.7 Å². The van der Waals surface area contributed by atoms with Gasteiger partial charge in [-0.05, 0) is 24.2 Å². The van der Waals surface area contributed by atoms with Crippen LogP contribution < -0.4 is 5.32 Å². The minimum atomic E-state index is 0.768. The molecule has 2 rings (SSSR count). The van der Waals surface area contributed by atoms with E-state index in [0.29, 0.717) is 0 Å². The van der Waals surface area contributed by atoms with Gasteiger partial charge in [-0.25, -0.2) is 4.98 Å². The average molecular weight is 285 g/mol. The Morgan fingerprint density at radius 1 is 1.47 bits per heavy atom. The van der Waals surface area contributed by atoms with E-state index in [1.54, 1.807) is 23.1 Å². The molecule has 2 aromatic rings. The number of hydrogen-bond acceptors (Lipinski definition) is 4. The number of halogens is 1. The maximum absolute atomic E-state index is 6.04. The molecule has 0 fully saturated rings. The Bertz CT molecular complexity index is 471. The average Bonchev–Trinajstić information content (AvgIpc) is 2.81. The van der Waals surface area contributed by atoms with E-state index in [-0.39, 0.29) is 0 Å². The first kappa shape index (κ1) is 12.9. The van der Waals surface area contributed by atoms with Gasteiger partial charge in [-0.1, -0.05) is 36.4 Å². The van der Waals surface area contributed by atoms with Gasteiger partial charge in [0.1, 0.15) is 0 Å². The molecule has 5 heteroatoms. The van der Waals surface area contributed by atoms with Gasteiger partial charge < -0.3 is 5.32 Å². The summed E-state index contributed by atoms with van der Waals surface area (Å²) in [5, 5.41) is 6.08. The number of hydrogen-bond donors (Lipinski definition) is 1. The molecule has 0 bridgehead atoms. The summed E-state index contributed by atoms with van der Waals surface area (Å²) >= 11 is 9.35. The molecule has 1 heterocycles. The van der Waals surface area contributed by atoms with Crippen LogP contribution in [-0.2, 0) is 6.54 Å². The highest BCUT2D eigenvalue weighted by molar-refractivity contribution is 8.01. The number of nitrogens with zero attached hydrogens (tertiary/aromatic N) is 1. The van der Waals surface area contributed by atoms with Gasteiger partial charge in [0.05, 0.1) is 0 Å². The molecule has 0 amide bonds. The van der Waals surface area contributed by atoms with Crippen LogP contribution in [0.1, 0.15) is 12.5 Å². The van der Waals surface area contributed by atoms with Crippen LogP contribution in [0.4, 0.5) is 0 Å². The van der Waals surface area contributed by atoms with E-state index in [0.717, 1.165) is 22.5 Å². The van der Waals surface area contributed by atoms with Gasteiger partial charge in [0, 0.05) is 28.0 Å². The molecule has 2 nitrogen and oxygen atoms in total. The zero-order valence-electron chi connectivity index (χ0n) is 9.44. The molecule has 0 saturated heterocycles. The summed E-state index contributed by atoms with van der Waals surface area (Å²) in [5.41, 5.74) is 1.26. The molecule has 0 spiro atoms. The summed E-state index contributed by atoms with van der Waals surface area (Å²) in [5.74, 6) is 0. The molecule has 1 N–H and O–H groups in total. The maximum Gasteiger partial charge on any atom is 0.154 e. The molecular weight excluding hydrogens is 272 g/mol. The van der Waals surface area contributed by atoms with Crippen molar-refractivity contribution in [3.05, 3.63) is 40.4 Å². The molecular formula is C12H13ClN2S2. The molecule has 17 heavy (non-hydrogen) atoms. The fourth-order valence-corrected chi connectivity index (χ4v) is 3.37.